The Bertz CT molecular complexity index is 600. The van der Waals surface area contributed by atoms with Gasteiger partial charge >= 0.3 is 6.03 Å². The summed E-state index contributed by atoms with van der Waals surface area (Å²) in [5, 5.41) is 13.0. The highest BCUT2D eigenvalue weighted by Gasteiger charge is 2.44. The number of benzene rings is 1. The van der Waals surface area contributed by atoms with Gasteiger partial charge in [0.05, 0.1) is 20.8 Å². The fraction of sp³-hybridized carbons (Fsp3) is 0.467. The van der Waals surface area contributed by atoms with E-state index >= 15 is 0 Å². The van der Waals surface area contributed by atoms with E-state index in [4.69, 9.17) is 9.47 Å². The van der Waals surface area contributed by atoms with Crippen LogP contribution >= 0.6 is 0 Å². The SMILES string of the molecule is COc1ccc(OC)c(C(O)CN2C(=O)NC(C)(C)C2=O)c1. The van der Waals surface area contributed by atoms with Crippen LogP contribution in [0.5, 0.6) is 11.5 Å². The van der Waals surface area contributed by atoms with E-state index in [-0.39, 0.29) is 12.5 Å². The Morgan fingerprint density at radius 1 is 1.27 bits per heavy atom. The van der Waals surface area contributed by atoms with Gasteiger partial charge in [0.1, 0.15) is 23.1 Å². The van der Waals surface area contributed by atoms with Crippen LogP contribution in [-0.4, -0.2) is 48.2 Å². The number of nitrogens with zero attached hydrogens (tertiary/aromatic N) is 1. The monoisotopic (exact) mass is 308 g/mol. The summed E-state index contributed by atoms with van der Waals surface area (Å²) in [6.45, 7) is 3.08. The number of rotatable bonds is 5. The van der Waals surface area contributed by atoms with Gasteiger partial charge in [0, 0.05) is 5.56 Å². The number of imide groups is 1. The molecular weight excluding hydrogens is 288 g/mol. The smallest absolute Gasteiger partial charge is 0.325 e. The van der Waals surface area contributed by atoms with Crippen molar-refractivity contribution in [2.45, 2.75) is 25.5 Å². The van der Waals surface area contributed by atoms with E-state index in [1.54, 1.807) is 32.0 Å². The summed E-state index contributed by atoms with van der Waals surface area (Å²) in [4.78, 5) is 25.0. The topological polar surface area (TPSA) is 88.1 Å². The van der Waals surface area contributed by atoms with Crippen molar-refractivity contribution < 1.29 is 24.2 Å². The number of β-amino-alcohol motifs (C(OH)–C–C–N with tert-alkyl or cyclic N) is 1. The van der Waals surface area contributed by atoms with Crippen molar-refractivity contribution in [1.82, 2.24) is 10.2 Å². The van der Waals surface area contributed by atoms with E-state index in [9.17, 15) is 14.7 Å². The molecule has 1 aliphatic heterocycles. The van der Waals surface area contributed by atoms with Gasteiger partial charge < -0.3 is 19.9 Å². The van der Waals surface area contributed by atoms with E-state index < -0.39 is 17.7 Å². The number of urea groups is 1. The lowest BCUT2D eigenvalue weighted by Crippen LogP contribution is -2.40. The molecule has 7 heteroatoms. The number of nitrogens with one attached hydrogen (secondary N) is 1. The van der Waals surface area contributed by atoms with Crippen LogP contribution in [0.3, 0.4) is 0 Å². The number of carbonyl (C=O) groups is 2. The Morgan fingerprint density at radius 2 is 1.95 bits per heavy atom. The van der Waals surface area contributed by atoms with Crippen LogP contribution in [0.1, 0.15) is 25.5 Å². The van der Waals surface area contributed by atoms with Crippen molar-refractivity contribution in [1.29, 1.82) is 0 Å². The standard InChI is InChI=1S/C15H20N2O5/c1-15(2)13(19)17(14(20)16-15)8-11(18)10-7-9(21-3)5-6-12(10)22-4/h5-7,11,18H,8H2,1-4H3,(H,16,20). The zero-order valence-corrected chi connectivity index (χ0v) is 13.0. The van der Waals surface area contributed by atoms with Gasteiger partial charge in [0.25, 0.3) is 5.91 Å². The molecule has 1 atom stereocenters. The summed E-state index contributed by atoms with van der Waals surface area (Å²) in [6.07, 6.45) is -1.08. The van der Waals surface area contributed by atoms with Crippen LogP contribution in [0.2, 0.25) is 0 Å². The summed E-state index contributed by atoms with van der Waals surface area (Å²) in [6, 6.07) is 4.46. The lowest BCUT2D eigenvalue weighted by Gasteiger charge is -2.21. The third kappa shape index (κ3) is 2.85. The van der Waals surface area contributed by atoms with E-state index in [2.05, 4.69) is 5.32 Å². The second-order valence-electron chi connectivity index (χ2n) is 5.59. The molecule has 1 aliphatic rings. The zero-order chi connectivity index (χ0) is 16.5. The first-order valence-corrected chi connectivity index (χ1v) is 6.84. The second-order valence-corrected chi connectivity index (χ2v) is 5.59. The molecular formula is C15H20N2O5. The molecule has 0 radical (unpaired) electrons. The van der Waals surface area contributed by atoms with E-state index in [1.807, 2.05) is 0 Å². The van der Waals surface area contributed by atoms with Crippen molar-refractivity contribution in [3.05, 3.63) is 23.8 Å². The van der Waals surface area contributed by atoms with E-state index in [0.29, 0.717) is 17.1 Å². The minimum atomic E-state index is -1.08. The molecule has 1 heterocycles. The second kappa shape index (κ2) is 5.84. The van der Waals surface area contributed by atoms with Crippen molar-refractivity contribution in [2.75, 3.05) is 20.8 Å². The quantitative estimate of drug-likeness (QED) is 0.794. The molecule has 1 aromatic carbocycles. The average molecular weight is 308 g/mol. The van der Waals surface area contributed by atoms with E-state index in [0.717, 1.165) is 4.90 Å². The fourth-order valence-corrected chi connectivity index (χ4v) is 2.35. The molecule has 3 amide bonds. The molecule has 0 bridgehead atoms. The van der Waals surface area contributed by atoms with E-state index in [1.165, 1.54) is 14.2 Å². The minimum Gasteiger partial charge on any atom is -0.497 e. The van der Waals surface area contributed by atoms with Gasteiger partial charge in [0.2, 0.25) is 0 Å². The van der Waals surface area contributed by atoms with Gasteiger partial charge in [0.15, 0.2) is 0 Å². The minimum absolute atomic E-state index is 0.155. The predicted octanol–water partition coefficient (Wildman–Crippen LogP) is 1.07. The summed E-state index contributed by atoms with van der Waals surface area (Å²) in [5.74, 6) is 0.630. The number of aliphatic hydroxyl groups excluding tert-OH is 1. The number of hydrogen-bond acceptors (Lipinski definition) is 5. The summed E-state index contributed by atoms with van der Waals surface area (Å²) in [5.41, 5.74) is -0.512. The van der Waals surface area contributed by atoms with Gasteiger partial charge in [-0.1, -0.05) is 0 Å². The predicted molar refractivity (Wildman–Crippen MR) is 78.8 cm³/mol. The average Bonchev–Trinajstić information content (AvgIpc) is 2.68. The summed E-state index contributed by atoms with van der Waals surface area (Å²) in [7, 11) is 2.99. The highest BCUT2D eigenvalue weighted by Crippen LogP contribution is 2.31. The van der Waals surface area contributed by atoms with Crippen molar-refractivity contribution in [2.24, 2.45) is 0 Å². The molecule has 7 nitrogen and oxygen atoms in total. The summed E-state index contributed by atoms with van der Waals surface area (Å²) >= 11 is 0. The molecule has 0 saturated carbocycles. The maximum absolute atomic E-state index is 12.2. The van der Waals surface area contributed by atoms with Gasteiger partial charge in [-0.15, -0.1) is 0 Å². The van der Waals surface area contributed by atoms with Gasteiger partial charge in [-0.2, -0.15) is 0 Å². The fourth-order valence-electron chi connectivity index (χ4n) is 2.35. The number of ether oxygens (including phenoxy) is 2. The Labute approximate surface area is 128 Å². The maximum Gasteiger partial charge on any atom is 0.325 e. The third-order valence-electron chi connectivity index (χ3n) is 3.60. The lowest BCUT2D eigenvalue weighted by molar-refractivity contribution is -0.131. The number of amides is 3. The van der Waals surface area contributed by atoms with Crippen LogP contribution in [0.15, 0.2) is 18.2 Å². The normalized spacial score (nSPS) is 18.1. The molecule has 0 spiro atoms. The van der Waals surface area contributed by atoms with Crippen LogP contribution in [0.4, 0.5) is 4.79 Å². The highest BCUT2D eigenvalue weighted by molar-refractivity contribution is 6.06. The largest absolute Gasteiger partial charge is 0.497 e. The molecule has 2 rings (SSSR count). The number of carbonyl (C=O) groups excluding carboxylic acids is 2. The Balaban J connectivity index is 2.24. The van der Waals surface area contributed by atoms with Crippen LogP contribution in [0, 0.1) is 0 Å². The highest BCUT2D eigenvalue weighted by atomic mass is 16.5. The van der Waals surface area contributed by atoms with Crippen LogP contribution in [-0.2, 0) is 4.79 Å². The van der Waals surface area contributed by atoms with Gasteiger partial charge in [-0.3, -0.25) is 9.69 Å². The Hall–Kier alpha value is -2.28. The molecule has 1 aromatic rings. The Kier molecular flexibility index (Phi) is 4.27. The van der Waals surface area contributed by atoms with Crippen molar-refractivity contribution in [3.8, 4) is 11.5 Å². The molecule has 1 saturated heterocycles. The van der Waals surface area contributed by atoms with Crippen molar-refractivity contribution >= 4 is 11.9 Å². The zero-order valence-electron chi connectivity index (χ0n) is 13.0. The molecule has 0 aromatic heterocycles. The molecule has 1 fully saturated rings. The number of methoxy groups -OCH3 is 2. The van der Waals surface area contributed by atoms with Crippen LogP contribution < -0.4 is 14.8 Å². The lowest BCUT2D eigenvalue weighted by atomic mass is 10.0. The Morgan fingerprint density at radius 3 is 2.45 bits per heavy atom. The molecule has 2 N–H and O–H groups in total. The number of hydrogen-bond donors (Lipinski definition) is 2. The molecule has 22 heavy (non-hydrogen) atoms. The molecule has 0 aliphatic carbocycles. The maximum atomic E-state index is 12.2. The van der Waals surface area contributed by atoms with Gasteiger partial charge in [-0.05, 0) is 32.0 Å². The van der Waals surface area contributed by atoms with Crippen molar-refractivity contribution in [3.63, 3.8) is 0 Å². The third-order valence-corrected chi connectivity index (χ3v) is 3.60. The number of aliphatic hydroxyl groups is 1. The first-order valence-electron chi connectivity index (χ1n) is 6.84. The first kappa shape index (κ1) is 16.1. The van der Waals surface area contributed by atoms with Crippen LogP contribution in [0.25, 0.3) is 0 Å². The first-order chi connectivity index (χ1) is 10.3. The molecule has 1 unspecified atom stereocenters. The molecule has 120 valence electrons. The summed E-state index contributed by atoms with van der Waals surface area (Å²) < 4.78 is 10.3. The van der Waals surface area contributed by atoms with Gasteiger partial charge in [-0.25, -0.2) is 4.79 Å².